The molecule has 0 aliphatic heterocycles. The molecule has 0 aliphatic rings. The number of anilines is 1. The van der Waals surface area contributed by atoms with Crippen LogP contribution >= 0.6 is 0 Å². The minimum atomic E-state index is -3.77. The maximum Gasteiger partial charge on any atom is 0.244 e. The molecule has 0 spiro atoms. The van der Waals surface area contributed by atoms with Gasteiger partial charge in [-0.25, -0.2) is 8.42 Å². The Kier molecular flexibility index (Phi) is 10.1. The van der Waals surface area contributed by atoms with Crippen LogP contribution in [0.2, 0.25) is 0 Å². The normalized spacial score (nSPS) is 12.1. The Balaban J connectivity index is 2.46. The Morgan fingerprint density at radius 2 is 1.71 bits per heavy atom. The highest BCUT2D eigenvalue weighted by molar-refractivity contribution is 7.92. The number of benzene rings is 2. The van der Waals surface area contributed by atoms with Crippen LogP contribution in [0.5, 0.6) is 5.75 Å². The monoisotopic (exact) mass is 503 g/mol. The van der Waals surface area contributed by atoms with Gasteiger partial charge in [-0.1, -0.05) is 38.1 Å². The first-order chi connectivity index (χ1) is 16.5. The fourth-order valence-corrected chi connectivity index (χ4v) is 4.69. The van der Waals surface area contributed by atoms with Crippen LogP contribution in [0.25, 0.3) is 0 Å². The van der Waals surface area contributed by atoms with Crippen molar-refractivity contribution in [2.45, 2.75) is 53.1 Å². The second-order valence-corrected chi connectivity index (χ2v) is 10.6. The minimum absolute atomic E-state index is 0.158. The number of carbonyl (C=O) groups is 2. The summed E-state index contributed by atoms with van der Waals surface area (Å²) in [7, 11) is -2.19. The third-order valence-corrected chi connectivity index (χ3v) is 6.89. The molecule has 0 fully saturated rings. The van der Waals surface area contributed by atoms with E-state index in [9.17, 15) is 18.0 Å². The number of amides is 2. The lowest BCUT2D eigenvalue weighted by Crippen LogP contribution is -2.52. The van der Waals surface area contributed by atoms with Crippen molar-refractivity contribution in [2.75, 3.05) is 30.8 Å². The highest BCUT2D eigenvalue weighted by Gasteiger charge is 2.32. The highest BCUT2D eigenvalue weighted by Crippen LogP contribution is 2.25. The topological polar surface area (TPSA) is 96.0 Å². The molecular weight excluding hydrogens is 466 g/mol. The van der Waals surface area contributed by atoms with Crippen LogP contribution in [0.3, 0.4) is 0 Å². The van der Waals surface area contributed by atoms with Crippen LogP contribution in [0.4, 0.5) is 5.69 Å². The Morgan fingerprint density at radius 1 is 1.06 bits per heavy atom. The fraction of sp³-hybridized carbons (Fsp3) is 0.462. The van der Waals surface area contributed by atoms with Gasteiger partial charge in [-0.3, -0.25) is 13.9 Å². The quantitative estimate of drug-likeness (QED) is 0.479. The van der Waals surface area contributed by atoms with Crippen molar-refractivity contribution in [3.63, 3.8) is 0 Å². The van der Waals surface area contributed by atoms with E-state index >= 15 is 0 Å². The van der Waals surface area contributed by atoms with E-state index in [-0.39, 0.29) is 12.5 Å². The number of methoxy groups -OCH3 is 1. The van der Waals surface area contributed by atoms with Gasteiger partial charge in [0.2, 0.25) is 21.8 Å². The molecule has 35 heavy (non-hydrogen) atoms. The molecule has 9 heteroatoms. The van der Waals surface area contributed by atoms with Crippen LogP contribution in [-0.2, 0) is 26.2 Å². The Bertz CT molecular complexity index is 1120. The number of hydrogen-bond acceptors (Lipinski definition) is 5. The molecule has 2 aromatic carbocycles. The molecule has 0 heterocycles. The number of sulfonamides is 1. The van der Waals surface area contributed by atoms with E-state index in [4.69, 9.17) is 4.74 Å². The summed E-state index contributed by atoms with van der Waals surface area (Å²) in [5.74, 6) is -0.0305. The first kappa shape index (κ1) is 28.2. The summed E-state index contributed by atoms with van der Waals surface area (Å²) in [4.78, 5) is 28.1. The predicted molar refractivity (Wildman–Crippen MR) is 139 cm³/mol. The number of carbonyl (C=O) groups excluding carboxylic acids is 2. The zero-order valence-electron chi connectivity index (χ0n) is 21.5. The molecule has 0 saturated carbocycles. The molecule has 192 valence electrons. The molecule has 0 radical (unpaired) electrons. The maximum absolute atomic E-state index is 13.7. The summed E-state index contributed by atoms with van der Waals surface area (Å²) in [5.41, 5.74) is 2.88. The average molecular weight is 504 g/mol. The molecule has 2 amide bonds. The van der Waals surface area contributed by atoms with E-state index in [0.29, 0.717) is 24.4 Å². The van der Waals surface area contributed by atoms with E-state index in [0.717, 1.165) is 33.7 Å². The lowest BCUT2D eigenvalue weighted by molar-refractivity contribution is -0.140. The molecular formula is C26H37N3O5S. The molecule has 2 rings (SSSR count). The van der Waals surface area contributed by atoms with Gasteiger partial charge in [-0.05, 0) is 61.6 Å². The maximum atomic E-state index is 13.7. The smallest absolute Gasteiger partial charge is 0.244 e. The lowest BCUT2D eigenvalue weighted by Gasteiger charge is -2.33. The van der Waals surface area contributed by atoms with Crippen molar-refractivity contribution in [1.82, 2.24) is 10.2 Å². The van der Waals surface area contributed by atoms with Crippen molar-refractivity contribution in [3.05, 3.63) is 59.2 Å². The lowest BCUT2D eigenvalue weighted by atomic mass is 10.1. The molecule has 0 saturated heterocycles. The zero-order valence-corrected chi connectivity index (χ0v) is 22.3. The largest absolute Gasteiger partial charge is 0.497 e. The molecule has 2 aromatic rings. The van der Waals surface area contributed by atoms with Crippen LogP contribution in [0, 0.1) is 13.8 Å². The average Bonchev–Trinajstić information content (AvgIpc) is 2.82. The Hall–Kier alpha value is -3.07. The van der Waals surface area contributed by atoms with Gasteiger partial charge in [0.15, 0.2) is 0 Å². The van der Waals surface area contributed by atoms with E-state index in [1.54, 1.807) is 32.2 Å². The van der Waals surface area contributed by atoms with E-state index < -0.39 is 28.5 Å². The summed E-state index contributed by atoms with van der Waals surface area (Å²) < 4.78 is 31.9. The van der Waals surface area contributed by atoms with Crippen molar-refractivity contribution >= 4 is 27.5 Å². The number of aryl methyl sites for hydroxylation is 2. The van der Waals surface area contributed by atoms with Gasteiger partial charge in [-0.15, -0.1) is 0 Å². The highest BCUT2D eigenvalue weighted by atomic mass is 32.2. The number of rotatable bonds is 12. The van der Waals surface area contributed by atoms with Gasteiger partial charge in [0.1, 0.15) is 18.3 Å². The zero-order chi connectivity index (χ0) is 26.2. The van der Waals surface area contributed by atoms with E-state index in [1.807, 2.05) is 45.0 Å². The number of hydrogen-bond donors (Lipinski definition) is 1. The summed E-state index contributed by atoms with van der Waals surface area (Å²) in [6, 6.07) is 12.0. The van der Waals surface area contributed by atoms with Crippen molar-refractivity contribution in [1.29, 1.82) is 0 Å². The van der Waals surface area contributed by atoms with Crippen molar-refractivity contribution in [3.8, 4) is 5.75 Å². The van der Waals surface area contributed by atoms with Gasteiger partial charge in [0.25, 0.3) is 0 Å². The number of ether oxygens (including phenoxy) is 1. The second kappa shape index (κ2) is 12.6. The van der Waals surface area contributed by atoms with Gasteiger partial charge in [0.05, 0.1) is 19.1 Å². The molecule has 1 atom stereocenters. The Morgan fingerprint density at radius 3 is 2.26 bits per heavy atom. The van der Waals surface area contributed by atoms with E-state index in [2.05, 4.69) is 5.32 Å². The van der Waals surface area contributed by atoms with Crippen molar-refractivity contribution in [2.24, 2.45) is 0 Å². The molecule has 0 bridgehead atoms. The summed E-state index contributed by atoms with van der Waals surface area (Å²) in [6.45, 7) is 7.71. The van der Waals surface area contributed by atoms with Crippen molar-refractivity contribution < 1.29 is 22.7 Å². The molecule has 0 unspecified atom stereocenters. The molecule has 0 aliphatic carbocycles. The predicted octanol–water partition coefficient (Wildman–Crippen LogP) is 3.41. The third-order valence-electron chi connectivity index (χ3n) is 5.76. The van der Waals surface area contributed by atoms with Gasteiger partial charge in [0, 0.05) is 13.1 Å². The van der Waals surface area contributed by atoms with Crippen LogP contribution in [-0.4, -0.2) is 57.6 Å². The van der Waals surface area contributed by atoms with Gasteiger partial charge in [-0.2, -0.15) is 0 Å². The first-order valence-corrected chi connectivity index (χ1v) is 13.6. The summed E-state index contributed by atoms with van der Waals surface area (Å²) in [5, 5.41) is 2.87. The molecule has 0 aromatic heterocycles. The van der Waals surface area contributed by atoms with Crippen LogP contribution < -0.4 is 14.4 Å². The SMILES string of the molecule is CCCNC(=O)[C@@H](CC)N(Cc1ccc(OC)cc1)C(=O)CN(c1cc(C)ccc1C)S(C)(=O)=O. The van der Waals surface area contributed by atoms with Crippen LogP contribution in [0.15, 0.2) is 42.5 Å². The Labute approximate surface area is 209 Å². The van der Waals surface area contributed by atoms with Gasteiger partial charge >= 0.3 is 0 Å². The second-order valence-electron chi connectivity index (χ2n) is 8.64. The van der Waals surface area contributed by atoms with Crippen LogP contribution in [0.1, 0.15) is 43.4 Å². The molecule has 8 nitrogen and oxygen atoms in total. The summed E-state index contributed by atoms with van der Waals surface area (Å²) in [6.07, 6.45) is 2.24. The fourth-order valence-electron chi connectivity index (χ4n) is 3.80. The minimum Gasteiger partial charge on any atom is -0.497 e. The number of nitrogens with zero attached hydrogens (tertiary/aromatic N) is 2. The molecule has 1 N–H and O–H groups in total. The summed E-state index contributed by atoms with van der Waals surface area (Å²) >= 11 is 0. The third kappa shape index (κ3) is 7.71. The van der Waals surface area contributed by atoms with E-state index in [1.165, 1.54) is 4.90 Å². The first-order valence-electron chi connectivity index (χ1n) is 11.8. The van der Waals surface area contributed by atoms with Gasteiger partial charge < -0.3 is 15.0 Å². The number of nitrogens with one attached hydrogen (secondary N) is 1. The standard InChI is InChI=1S/C26H37N3O5S/c1-7-15-27-26(31)23(8-2)28(17-21-11-13-22(34-5)14-12-21)25(30)18-29(35(6,32)33)24-16-19(3)9-10-20(24)4/h9-14,16,23H,7-8,15,17-18H2,1-6H3,(H,27,31)/t23-/m1/s1.